The Morgan fingerprint density at radius 2 is 1.21 bits per heavy atom. The van der Waals surface area contributed by atoms with Crippen molar-refractivity contribution in [3.63, 3.8) is 0 Å². The molecular formula is C26H24O2Si. The standard InChI is InChI=1S/C26H24O2Si/c27-21-18-20-16-17-26(25(20)19-21)28-29(22-10-4-1-5-11-22,23-12-6-2-7-13-23)24-14-8-3-9-15-24/h1-15,18,25-26H,16-17,19H2. The van der Waals surface area contributed by atoms with E-state index in [0.717, 1.165) is 12.8 Å². The average Bonchev–Trinajstić information content (AvgIpc) is 3.33. The largest absolute Gasteiger partial charge is 0.401 e. The molecule has 144 valence electrons. The Kier molecular flexibility index (Phi) is 4.78. The first-order valence-corrected chi connectivity index (χ1v) is 12.3. The zero-order chi connectivity index (χ0) is 19.7. The van der Waals surface area contributed by atoms with E-state index < -0.39 is 8.32 Å². The number of carbonyl (C=O) groups excluding carboxylic acids is 1. The summed E-state index contributed by atoms with van der Waals surface area (Å²) in [6.45, 7) is 0. The predicted octanol–water partition coefficient (Wildman–Crippen LogP) is 3.35. The normalized spacial score (nSPS) is 21.1. The minimum atomic E-state index is -2.71. The molecule has 2 unspecified atom stereocenters. The van der Waals surface area contributed by atoms with Gasteiger partial charge in [-0.3, -0.25) is 4.79 Å². The monoisotopic (exact) mass is 396 g/mol. The van der Waals surface area contributed by atoms with Gasteiger partial charge in [0.1, 0.15) is 0 Å². The lowest BCUT2D eigenvalue weighted by molar-refractivity contribution is -0.114. The summed E-state index contributed by atoms with van der Waals surface area (Å²) in [6.07, 6.45) is 4.52. The molecule has 0 aromatic heterocycles. The van der Waals surface area contributed by atoms with Crippen molar-refractivity contribution >= 4 is 29.7 Å². The molecule has 3 heteroatoms. The van der Waals surface area contributed by atoms with Gasteiger partial charge in [-0.2, -0.15) is 0 Å². The quantitative estimate of drug-likeness (QED) is 0.488. The van der Waals surface area contributed by atoms with Crippen molar-refractivity contribution in [2.24, 2.45) is 5.92 Å². The summed E-state index contributed by atoms with van der Waals surface area (Å²) in [6, 6.07) is 32.0. The topological polar surface area (TPSA) is 26.3 Å². The molecule has 0 aliphatic heterocycles. The molecule has 2 atom stereocenters. The van der Waals surface area contributed by atoms with Crippen LogP contribution in [0, 0.1) is 5.92 Å². The molecule has 0 N–H and O–H groups in total. The van der Waals surface area contributed by atoms with E-state index in [-0.39, 0.29) is 17.8 Å². The van der Waals surface area contributed by atoms with Gasteiger partial charge >= 0.3 is 0 Å². The molecule has 3 aromatic rings. The lowest BCUT2D eigenvalue weighted by Gasteiger charge is -2.37. The molecule has 0 saturated heterocycles. The van der Waals surface area contributed by atoms with Crippen molar-refractivity contribution in [3.8, 4) is 0 Å². The average molecular weight is 397 g/mol. The minimum Gasteiger partial charge on any atom is -0.401 e. The molecular weight excluding hydrogens is 372 g/mol. The second-order valence-corrected chi connectivity index (χ2v) is 11.3. The summed E-state index contributed by atoms with van der Waals surface area (Å²) in [5, 5.41) is 3.75. The number of ketones is 1. The smallest absolute Gasteiger partial charge is 0.288 e. The van der Waals surface area contributed by atoms with Crippen LogP contribution in [0.15, 0.2) is 103 Å². The van der Waals surface area contributed by atoms with Gasteiger partial charge in [-0.1, -0.05) is 96.6 Å². The third-order valence-corrected chi connectivity index (χ3v) is 10.4. The van der Waals surface area contributed by atoms with Crippen molar-refractivity contribution in [2.75, 3.05) is 0 Å². The maximum absolute atomic E-state index is 12.1. The summed E-state index contributed by atoms with van der Waals surface area (Å²) in [4.78, 5) is 12.1. The molecule has 1 fully saturated rings. The molecule has 1 saturated carbocycles. The third-order valence-electron chi connectivity index (χ3n) is 6.28. The van der Waals surface area contributed by atoms with Crippen molar-refractivity contribution in [1.29, 1.82) is 0 Å². The maximum atomic E-state index is 12.1. The lowest BCUT2D eigenvalue weighted by Crippen LogP contribution is -2.70. The Labute approximate surface area is 173 Å². The van der Waals surface area contributed by atoms with E-state index in [1.54, 1.807) is 0 Å². The molecule has 3 aromatic carbocycles. The van der Waals surface area contributed by atoms with Gasteiger partial charge in [0.15, 0.2) is 5.78 Å². The van der Waals surface area contributed by atoms with Crippen molar-refractivity contribution in [1.82, 2.24) is 0 Å². The summed E-state index contributed by atoms with van der Waals surface area (Å²) < 4.78 is 7.27. The second-order valence-electron chi connectivity index (χ2n) is 7.97. The van der Waals surface area contributed by atoms with Crippen molar-refractivity contribution in [2.45, 2.75) is 25.4 Å². The molecule has 29 heavy (non-hydrogen) atoms. The summed E-state index contributed by atoms with van der Waals surface area (Å²) >= 11 is 0. The predicted molar refractivity (Wildman–Crippen MR) is 119 cm³/mol. The number of hydrogen-bond acceptors (Lipinski definition) is 2. The summed E-state index contributed by atoms with van der Waals surface area (Å²) in [5.41, 5.74) is 1.29. The van der Waals surface area contributed by atoms with Crippen LogP contribution >= 0.6 is 0 Å². The first-order chi connectivity index (χ1) is 14.3. The molecule has 0 radical (unpaired) electrons. The van der Waals surface area contributed by atoms with Gasteiger partial charge in [0, 0.05) is 12.3 Å². The fourth-order valence-electron chi connectivity index (χ4n) is 4.95. The Bertz CT molecular complexity index is 931. The van der Waals surface area contributed by atoms with E-state index in [9.17, 15) is 4.79 Å². The molecule has 0 amide bonds. The van der Waals surface area contributed by atoms with E-state index in [4.69, 9.17) is 4.43 Å². The number of carbonyl (C=O) groups is 1. The van der Waals surface area contributed by atoms with Crippen LogP contribution in [0.1, 0.15) is 19.3 Å². The Morgan fingerprint density at radius 3 is 1.69 bits per heavy atom. The van der Waals surface area contributed by atoms with Crippen LogP contribution < -0.4 is 15.6 Å². The van der Waals surface area contributed by atoms with E-state index >= 15 is 0 Å². The van der Waals surface area contributed by atoms with Gasteiger partial charge < -0.3 is 4.43 Å². The van der Waals surface area contributed by atoms with E-state index in [0.29, 0.717) is 6.42 Å². The molecule has 0 bridgehead atoms. The highest BCUT2D eigenvalue weighted by Crippen LogP contribution is 2.41. The van der Waals surface area contributed by atoms with Crippen LogP contribution in [0.4, 0.5) is 0 Å². The molecule has 0 spiro atoms. The fraction of sp³-hybridized carbons (Fsp3) is 0.192. The van der Waals surface area contributed by atoms with Gasteiger partial charge in [-0.15, -0.1) is 0 Å². The SMILES string of the molecule is O=C1C=C2CCC(O[Si](c3ccccc3)(c3ccccc3)c3ccccc3)C2C1. The maximum Gasteiger partial charge on any atom is 0.288 e. The lowest BCUT2D eigenvalue weighted by atomic mass is 10.0. The number of fused-ring (bicyclic) bond motifs is 1. The van der Waals surface area contributed by atoms with Crippen molar-refractivity contribution < 1.29 is 9.22 Å². The molecule has 2 aliphatic carbocycles. The van der Waals surface area contributed by atoms with E-state index in [1.165, 1.54) is 21.1 Å². The number of hydrogen-bond donors (Lipinski definition) is 0. The van der Waals surface area contributed by atoms with Crippen LogP contribution in [0.3, 0.4) is 0 Å². The Morgan fingerprint density at radius 1 is 0.724 bits per heavy atom. The van der Waals surface area contributed by atoms with Gasteiger partial charge in [-0.05, 0) is 34.5 Å². The van der Waals surface area contributed by atoms with Gasteiger partial charge in [0.2, 0.25) is 0 Å². The molecule has 0 heterocycles. The Hall–Kier alpha value is -2.75. The Balaban J connectivity index is 1.68. The fourth-order valence-corrected chi connectivity index (χ4v) is 9.08. The number of benzene rings is 3. The first kappa shape index (κ1) is 18.3. The van der Waals surface area contributed by atoms with E-state index in [1.807, 2.05) is 6.08 Å². The van der Waals surface area contributed by atoms with Gasteiger partial charge in [-0.25, -0.2) is 0 Å². The van der Waals surface area contributed by atoms with Crippen LogP contribution in [0.5, 0.6) is 0 Å². The highest BCUT2D eigenvalue weighted by molar-refractivity contribution is 7.07. The van der Waals surface area contributed by atoms with E-state index in [2.05, 4.69) is 91.0 Å². The first-order valence-electron chi connectivity index (χ1n) is 10.3. The van der Waals surface area contributed by atoms with Crippen LogP contribution in [-0.2, 0) is 9.22 Å². The number of allylic oxidation sites excluding steroid dienone is 1. The van der Waals surface area contributed by atoms with Crippen LogP contribution in [0.25, 0.3) is 0 Å². The minimum absolute atomic E-state index is 0.0833. The second kappa shape index (κ2) is 7.58. The number of rotatable bonds is 5. The molecule has 5 rings (SSSR count). The van der Waals surface area contributed by atoms with Crippen LogP contribution in [0.2, 0.25) is 0 Å². The van der Waals surface area contributed by atoms with Gasteiger partial charge in [0.25, 0.3) is 8.32 Å². The summed E-state index contributed by atoms with van der Waals surface area (Å²) in [5.74, 6) is 0.496. The molecule has 2 nitrogen and oxygen atoms in total. The van der Waals surface area contributed by atoms with Gasteiger partial charge in [0.05, 0.1) is 6.10 Å². The zero-order valence-electron chi connectivity index (χ0n) is 16.3. The third kappa shape index (κ3) is 3.20. The summed E-state index contributed by atoms with van der Waals surface area (Å²) in [7, 11) is -2.71. The highest BCUT2D eigenvalue weighted by Gasteiger charge is 2.47. The molecule has 2 aliphatic rings. The zero-order valence-corrected chi connectivity index (χ0v) is 17.3. The van der Waals surface area contributed by atoms with Crippen LogP contribution in [-0.4, -0.2) is 20.2 Å². The van der Waals surface area contributed by atoms with Crippen molar-refractivity contribution in [3.05, 3.63) is 103 Å². The highest BCUT2D eigenvalue weighted by atomic mass is 28.4.